The highest BCUT2D eigenvalue weighted by molar-refractivity contribution is 6.12. The van der Waals surface area contributed by atoms with E-state index in [0.717, 1.165) is 0 Å². The predicted molar refractivity (Wildman–Crippen MR) is 113 cm³/mol. The molecule has 0 unspecified atom stereocenters. The van der Waals surface area contributed by atoms with Crippen molar-refractivity contribution in [2.75, 3.05) is 6.61 Å². The maximum absolute atomic E-state index is 13.4. The largest absolute Gasteiger partial charge is 0.462 e. The van der Waals surface area contributed by atoms with Crippen molar-refractivity contribution in [3.63, 3.8) is 0 Å². The Bertz CT molecular complexity index is 1310. The van der Waals surface area contributed by atoms with Crippen LogP contribution in [0.1, 0.15) is 33.3 Å². The Hall–Kier alpha value is -4.33. The number of benzene rings is 1. The SMILES string of the molecule is CCOC(=O)c1cc(C(=O)c2cccc([N+](=O)[O-])c2)n2c(-c3ccccn3)cccc12. The first kappa shape index (κ1) is 20.0. The summed E-state index contributed by atoms with van der Waals surface area (Å²) in [6.07, 6.45) is 1.63. The fourth-order valence-corrected chi connectivity index (χ4v) is 3.42. The van der Waals surface area contributed by atoms with Crippen LogP contribution in [0.5, 0.6) is 0 Å². The van der Waals surface area contributed by atoms with E-state index in [2.05, 4.69) is 4.98 Å². The fourth-order valence-electron chi connectivity index (χ4n) is 3.42. The van der Waals surface area contributed by atoms with Gasteiger partial charge >= 0.3 is 5.97 Å². The lowest BCUT2D eigenvalue weighted by Crippen LogP contribution is -2.07. The molecule has 0 atom stereocenters. The Morgan fingerprint density at radius 2 is 1.87 bits per heavy atom. The van der Waals surface area contributed by atoms with Crippen LogP contribution in [-0.2, 0) is 4.74 Å². The summed E-state index contributed by atoms with van der Waals surface area (Å²) in [5.74, 6) is -1.02. The van der Waals surface area contributed by atoms with Crippen LogP contribution in [0.25, 0.3) is 16.9 Å². The number of aromatic nitrogens is 2. The number of ether oxygens (including phenoxy) is 1. The van der Waals surface area contributed by atoms with Crippen molar-refractivity contribution < 1.29 is 19.2 Å². The number of nitro benzene ring substituents is 1. The van der Waals surface area contributed by atoms with Crippen LogP contribution < -0.4 is 0 Å². The summed E-state index contributed by atoms with van der Waals surface area (Å²) in [5, 5.41) is 11.1. The van der Waals surface area contributed by atoms with Gasteiger partial charge in [0.25, 0.3) is 5.69 Å². The van der Waals surface area contributed by atoms with Gasteiger partial charge in [0.15, 0.2) is 0 Å². The quantitative estimate of drug-likeness (QED) is 0.201. The molecule has 1 aromatic carbocycles. The molecule has 0 spiro atoms. The smallest absolute Gasteiger partial charge is 0.340 e. The Morgan fingerprint density at radius 1 is 1.06 bits per heavy atom. The highest BCUT2D eigenvalue weighted by Crippen LogP contribution is 2.28. The standard InChI is InChI=1S/C23H17N3O5/c1-2-31-23(28)17-14-21(22(27)15-7-5-8-16(13-15)26(29)30)25-19(17)10-6-11-20(25)18-9-3-4-12-24-18/h3-14H,2H2,1H3. The molecule has 4 rings (SSSR count). The highest BCUT2D eigenvalue weighted by atomic mass is 16.6. The topological polar surface area (TPSA) is 104 Å². The van der Waals surface area contributed by atoms with Crippen molar-refractivity contribution in [2.45, 2.75) is 6.92 Å². The van der Waals surface area contributed by atoms with E-state index < -0.39 is 16.7 Å². The van der Waals surface area contributed by atoms with E-state index >= 15 is 0 Å². The van der Waals surface area contributed by atoms with Gasteiger partial charge in [0.2, 0.25) is 5.78 Å². The second-order valence-corrected chi connectivity index (χ2v) is 6.65. The zero-order valence-electron chi connectivity index (χ0n) is 16.5. The van der Waals surface area contributed by atoms with Crippen molar-refractivity contribution >= 4 is 23.0 Å². The average Bonchev–Trinajstić information content (AvgIpc) is 3.19. The number of nitro groups is 1. The number of esters is 1. The zero-order valence-corrected chi connectivity index (χ0v) is 16.5. The maximum atomic E-state index is 13.4. The monoisotopic (exact) mass is 415 g/mol. The van der Waals surface area contributed by atoms with Crippen LogP contribution in [0.2, 0.25) is 0 Å². The summed E-state index contributed by atoms with van der Waals surface area (Å²) in [4.78, 5) is 40.9. The van der Waals surface area contributed by atoms with Gasteiger partial charge in [0.1, 0.15) is 0 Å². The third-order valence-electron chi connectivity index (χ3n) is 4.76. The van der Waals surface area contributed by atoms with Gasteiger partial charge in [0, 0.05) is 23.9 Å². The van der Waals surface area contributed by atoms with Gasteiger partial charge in [-0.2, -0.15) is 0 Å². The normalized spacial score (nSPS) is 10.7. The van der Waals surface area contributed by atoms with Gasteiger partial charge in [-0.1, -0.05) is 24.3 Å². The minimum absolute atomic E-state index is 0.139. The summed E-state index contributed by atoms with van der Waals surface area (Å²) in [5.41, 5.74) is 2.04. The van der Waals surface area contributed by atoms with Crippen molar-refractivity contribution in [1.29, 1.82) is 0 Å². The minimum atomic E-state index is -0.559. The number of nitrogens with zero attached hydrogens (tertiary/aromatic N) is 3. The Morgan fingerprint density at radius 3 is 2.58 bits per heavy atom. The van der Waals surface area contributed by atoms with Crippen molar-refractivity contribution in [3.05, 3.63) is 99.9 Å². The molecule has 0 aliphatic carbocycles. The van der Waals surface area contributed by atoms with E-state index in [1.165, 1.54) is 30.3 Å². The number of hydrogen-bond donors (Lipinski definition) is 0. The highest BCUT2D eigenvalue weighted by Gasteiger charge is 2.24. The first-order chi connectivity index (χ1) is 15.0. The van der Waals surface area contributed by atoms with Crippen molar-refractivity contribution in [1.82, 2.24) is 9.38 Å². The van der Waals surface area contributed by atoms with Gasteiger partial charge in [-0.05, 0) is 37.3 Å². The lowest BCUT2D eigenvalue weighted by molar-refractivity contribution is -0.384. The van der Waals surface area contributed by atoms with Gasteiger partial charge < -0.3 is 9.14 Å². The number of carbonyl (C=O) groups excluding carboxylic acids is 2. The van der Waals surface area contributed by atoms with E-state index in [9.17, 15) is 19.7 Å². The molecule has 0 aliphatic heterocycles. The van der Waals surface area contributed by atoms with Crippen molar-refractivity contribution in [2.24, 2.45) is 0 Å². The number of hydrogen-bond acceptors (Lipinski definition) is 6. The lowest BCUT2D eigenvalue weighted by atomic mass is 10.1. The number of carbonyl (C=O) groups is 2. The Balaban J connectivity index is 1.97. The van der Waals surface area contributed by atoms with Gasteiger partial charge in [-0.25, -0.2) is 4.79 Å². The molecule has 0 saturated heterocycles. The van der Waals surface area contributed by atoms with E-state index in [1.54, 1.807) is 47.9 Å². The number of non-ortho nitro benzene ring substituents is 1. The van der Waals surface area contributed by atoms with Crippen molar-refractivity contribution in [3.8, 4) is 11.4 Å². The third-order valence-corrected chi connectivity index (χ3v) is 4.76. The molecule has 154 valence electrons. The van der Waals surface area contributed by atoms with E-state index in [4.69, 9.17) is 4.74 Å². The van der Waals surface area contributed by atoms with E-state index in [1.807, 2.05) is 6.07 Å². The number of pyridine rings is 2. The van der Waals surface area contributed by atoms with Crippen LogP contribution >= 0.6 is 0 Å². The first-order valence-electron chi connectivity index (χ1n) is 9.53. The molecule has 0 N–H and O–H groups in total. The molecule has 0 bridgehead atoms. The van der Waals surface area contributed by atoms with Crippen LogP contribution in [-0.4, -0.2) is 32.7 Å². The molecule has 8 heteroatoms. The molecule has 0 aliphatic rings. The summed E-state index contributed by atoms with van der Waals surface area (Å²) in [6, 6.07) is 17.6. The number of rotatable bonds is 6. The maximum Gasteiger partial charge on any atom is 0.340 e. The lowest BCUT2D eigenvalue weighted by Gasteiger charge is -2.09. The third kappa shape index (κ3) is 3.66. The zero-order chi connectivity index (χ0) is 22.0. The van der Waals surface area contributed by atoms with E-state index in [-0.39, 0.29) is 29.1 Å². The molecule has 3 heterocycles. The molecule has 0 radical (unpaired) electrons. The second-order valence-electron chi connectivity index (χ2n) is 6.65. The molecule has 3 aromatic heterocycles. The van der Waals surface area contributed by atoms with Gasteiger partial charge in [-0.3, -0.25) is 19.9 Å². The summed E-state index contributed by atoms with van der Waals surface area (Å²) >= 11 is 0. The van der Waals surface area contributed by atoms with Crippen LogP contribution in [0.15, 0.2) is 72.9 Å². The predicted octanol–water partition coefficient (Wildman–Crippen LogP) is 4.32. The van der Waals surface area contributed by atoms with Gasteiger partial charge in [-0.15, -0.1) is 0 Å². The summed E-state index contributed by atoms with van der Waals surface area (Å²) < 4.78 is 6.80. The van der Waals surface area contributed by atoms with Crippen LogP contribution in [0, 0.1) is 10.1 Å². The number of ketones is 1. The minimum Gasteiger partial charge on any atom is -0.462 e. The first-order valence-corrected chi connectivity index (χ1v) is 9.53. The molecule has 0 amide bonds. The molecule has 4 aromatic rings. The summed E-state index contributed by atoms with van der Waals surface area (Å²) in [7, 11) is 0. The van der Waals surface area contributed by atoms with Crippen LogP contribution in [0.4, 0.5) is 5.69 Å². The summed E-state index contributed by atoms with van der Waals surface area (Å²) in [6.45, 7) is 1.88. The van der Waals surface area contributed by atoms with E-state index in [0.29, 0.717) is 16.9 Å². The Kier molecular flexibility index (Phi) is 5.28. The second kappa shape index (κ2) is 8.19. The fraction of sp³-hybridized carbons (Fsp3) is 0.0870. The average molecular weight is 415 g/mol. The molecule has 31 heavy (non-hydrogen) atoms. The number of fused-ring (bicyclic) bond motifs is 1. The molecular formula is C23H17N3O5. The molecular weight excluding hydrogens is 398 g/mol. The Labute approximate surface area is 176 Å². The molecule has 0 saturated carbocycles. The molecule has 0 fully saturated rings. The molecule has 8 nitrogen and oxygen atoms in total. The van der Waals surface area contributed by atoms with Crippen LogP contribution in [0.3, 0.4) is 0 Å². The van der Waals surface area contributed by atoms with Gasteiger partial charge in [0.05, 0.1) is 39.7 Å².